The lowest BCUT2D eigenvalue weighted by atomic mass is 10.1. The van der Waals surface area contributed by atoms with Crippen LogP contribution in [0.3, 0.4) is 0 Å². The highest BCUT2D eigenvalue weighted by Crippen LogP contribution is 2.30. The van der Waals surface area contributed by atoms with Gasteiger partial charge in [-0.3, -0.25) is 4.79 Å². The van der Waals surface area contributed by atoms with Crippen molar-refractivity contribution in [1.82, 2.24) is 14.8 Å². The predicted molar refractivity (Wildman–Crippen MR) is 84.5 cm³/mol. The van der Waals surface area contributed by atoms with Gasteiger partial charge in [0.1, 0.15) is 5.69 Å². The van der Waals surface area contributed by atoms with Crippen molar-refractivity contribution < 1.29 is 4.79 Å². The molecule has 0 aromatic carbocycles. The molecule has 1 N–H and O–H groups in total. The van der Waals surface area contributed by atoms with E-state index < -0.39 is 0 Å². The maximum atomic E-state index is 13.0. The third kappa shape index (κ3) is 3.31. The van der Waals surface area contributed by atoms with Gasteiger partial charge in [-0.05, 0) is 56.8 Å². The number of carbonyl (C=O) groups is 1. The number of nitrogens with one attached hydrogen (secondary N) is 1. The van der Waals surface area contributed by atoms with Gasteiger partial charge in [-0.25, -0.2) is 0 Å². The average molecular weight is 289 g/mol. The summed E-state index contributed by atoms with van der Waals surface area (Å²) in [5.74, 6) is 0.756. The molecule has 4 nitrogen and oxygen atoms in total. The second kappa shape index (κ2) is 6.22. The first-order chi connectivity index (χ1) is 10.2. The molecular weight excluding hydrogens is 262 g/mol. The van der Waals surface area contributed by atoms with Crippen molar-refractivity contribution in [3.8, 4) is 0 Å². The first kappa shape index (κ1) is 14.6. The lowest BCUT2D eigenvalue weighted by molar-refractivity contribution is 0.0707. The normalized spacial score (nSPS) is 20.0. The molecule has 2 fully saturated rings. The van der Waals surface area contributed by atoms with Gasteiger partial charge in [0.2, 0.25) is 0 Å². The van der Waals surface area contributed by atoms with Crippen molar-refractivity contribution in [2.75, 3.05) is 19.6 Å². The number of amides is 1. The topological polar surface area (TPSA) is 37.3 Å². The highest BCUT2D eigenvalue weighted by molar-refractivity contribution is 5.93. The number of carbonyl (C=O) groups excluding carboxylic acids is 1. The second-order valence-corrected chi connectivity index (χ2v) is 6.86. The maximum Gasteiger partial charge on any atom is 0.270 e. The first-order valence-electron chi connectivity index (χ1n) is 8.35. The summed E-state index contributed by atoms with van der Waals surface area (Å²) in [4.78, 5) is 15.1. The van der Waals surface area contributed by atoms with Crippen LogP contribution in [0.25, 0.3) is 0 Å². The summed E-state index contributed by atoms with van der Waals surface area (Å²) in [6.45, 7) is 7.35. The van der Waals surface area contributed by atoms with Gasteiger partial charge in [-0.15, -0.1) is 0 Å². The minimum atomic E-state index is 0.231. The van der Waals surface area contributed by atoms with Crippen LogP contribution in [-0.2, 0) is 0 Å². The molecular formula is C17H27N3O. The molecule has 0 spiro atoms. The summed E-state index contributed by atoms with van der Waals surface area (Å²) in [7, 11) is 0. The van der Waals surface area contributed by atoms with Crippen LogP contribution in [-0.4, -0.2) is 41.1 Å². The van der Waals surface area contributed by atoms with Gasteiger partial charge in [0, 0.05) is 24.8 Å². The smallest absolute Gasteiger partial charge is 0.270 e. The van der Waals surface area contributed by atoms with Crippen molar-refractivity contribution in [3.05, 3.63) is 24.0 Å². The molecule has 1 aliphatic carbocycles. The third-order valence-electron chi connectivity index (χ3n) is 4.51. The molecule has 21 heavy (non-hydrogen) atoms. The van der Waals surface area contributed by atoms with E-state index in [0.717, 1.165) is 38.2 Å². The number of aromatic nitrogens is 1. The second-order valence-electron chi connectivity index (χ2n) is 6.86. The van der Waals surface area contributed by atoms with Gasteiger partial charge in [0.25, 0.3) is 5.91 Å². The van der Waals surface area contributed by atoms with Crippen LogP contribution in [0.15, 0.2) is 18.3 Å². The number of piperidine rings is 1. The summed E-state index contributed by atoms with van der Waals surface area (Å²) < 4.78 is 2.22. The molecule has 116 valence electrons. The minimum absolute atomic E-state index is 0.231. The third-order valence-corrected chi connectivity index (χ3v) is 4.51. The van der Waals surface area contributed by atoms with Gasteiger partial charge < -0.3 is 14.8 Å². The van der Waals surface area contributed by atoms with Crippen molar-refractivity contribution in [2.45, 2.75) is 51.6 Å². The lowest BCUT2D eigenvalue weighted by Gasteiger charge is -2.29. The largest absolute Gasteiger partial charge is 0.340 e. The molecule has 0 atom stereocenters. The van der Waals surface area contributed by atoms with E-state index in [9.17, 15) is 4.79 Å². The molecule has 1 aromatic rings. The van der Waals surface area contributed by atoms with Crippen LogP contribution in [0.2, 0.25) is 0 Å². The SMILES string of the molecule is CC(C)CN(C(=O)c1cccn1C1CCNCC1)C1CC1. The zero-order valence-corrected chi connectivity index (χ0v) is 13.2. The number of nitrogens with zero attached hydrogens (tertiary/aromatic N) is 2. The molecule has 2 heterocycles. The Morgan fingerprint density at radius 1 is 1.33 bits per heavy atom. The van der Waals surface area contributed by atoms with Gasteiger partial charge in [0.15, 0.2) is 0 Å². The Labute approximate surface area is 127 Å². The molecule has 1 saturated heterocycles. The Hall–Kier alpha value is -1.29. The van der Waals surface area contributed by atoms with E-state index in [2.05, 4.69) is 34.8 Å². The van der Waals surface area contributed by atoms with Crippen LogP contribution in [0, 0.1) is 5.92 Å². The Morgan fingerprint density at radius 2 is 2.05 bits per heavy atom. The van der Waals surface area contributed by atoms with Crippen molar-refractivity contribution in [1.29, 1.82) is 0 Å². The summed E-state index contributed by atoms with van der Waals surface area (Å²) in [6.07, 6.45) is 6.66. The van der Waals surface area contributed by atoms with E-state index in [0.29, 0.717) is 18.0 Å². The van der Waals surface area contributed by atoms with E-state index in [-0.39, 0.29) is 5.91 Å². The van der Waals surface area contributed by atoms with Crippen molar-refractivity contribution in [3.63, 3.8) is 0 Å². The standard InChI is InChI=1S/C17H27N3O/c1-13(2)12-20(14-5-6-14)17(21)16-4-3-11-19(16)15-7-9-18-10-8-15/h3-4,11,13-15,18H,5-10,12H2,1-2H3. The summed E-state index contributed by atoms with van der Waals surface area (Å²) >= 11 is 0. The fourth-order valence-electron chi connectivity index (χ4n) is 3.30. The molecule has 4 heteroatoms. The van der Waals surface area contributed by atoms with E-state index in [1.165, 1.54) is 12.8 Å². The molecule has 2 aliphatic rings. The molecule has 1 aromatic heterocycles. The summed E-state index contributed by atoms with van der Waals surface area (Å²) in [5.41, 5.74) is 0.884. The Morgan fingerprint density at radius 3 is 2.67 bits per heavy atom. The molecule has 0 radical (unpaired) electrons. The molecule has 0 bridgehead atoms. The average Bonchev–Trinajstić information content (AvgIpc) is 3.21. The van der Waals surface area contributed by atoms with E-state index >= 15 is 0 Å². The monoisotopic (exact) mass is 289 g/mol. The predicted octanol–water partition coefficient (Wildman–Crippen LogP) is 2.67. The molecule has 3 rings (SSSR count). The molecule has 1 aliphatic heterocycles. The number of rotatable bonds is 5. The summed E-state index contributed by atoms with van der Waals surface area (Å²) in [6, 6.07) is 4.98. The van der Waals surface area contributed by atoms with Crippen molar-refractivity contribution in [2.24, 2.45) is 5.92 Å². The summed E-state index contributed by atoms with van der Waals surface area (Å²) in [5, 5.41) is 3.39. The van der Waals surface area contributed by atoms with Gasteiger partial charge >= 0.3 is 0 Å². The number of hydrogen-bond donors (Lipinski definition) is 1. The maximum absolute atomic E-state index is 13.0. The molecule has 1 amide bonds. The zero-order valence-electron chi connectivity index (χ0n) is 13.2. The lowest BCUT2D eigenvalue weighted by Crippen LogP contribution is -2.38. The van der Waals surface area contributed by atoms with Crippen LogP contribution in [0.4, 0.5) is 0 Å². The highest BCUT2D eigenvalue weighted by atomic mass is 16.2. The molecule has 0 unspecified atom stereocenters. The van der Waals surface area contributed by atoms with Crippen LogP contribution >= 0.6 is 0 Å². The van der Waals surface area contributed by atoms with E-state index in [4.69, 9.17) is 0 Å². The van der Waals surface area contributed by atoms with E-state index in [1.54, 1.807) is 0 Å². The fraction of sp³-hybridized carbons (Fsp3) is 0.706. The van der Waals surface area contributed by atoms with Crippen LogP contribution in [0.5, 0.6) is 0 Å². The Kier molecular flexibility index (Phi) is 4.34. The molecule has 1 saturated carbocycles. The van der Waals surface area contributed by atoms with E-state index in [1.807, 2.05) is 12.1 Å². The first-order valence-corrected chi connectivity index (χ1v) is 8.35. The van der Waals surface area contributed by atoms with Crippen LogP contribution < -0.4 is 5.32 Å². The highest BCUT2D eigenvalue weighted by Gasteiger charge is 2.34. The van der Waals surface area contributed by atoms with Crippen molar-refractivity contribution >= 4 is 5.91 Å². The Balaban J connectivity index is 1.78. The van der Waals surface area contributed by atoms with Gasteiger partial charge in [-0.2, -0.15) is 0 Å². The fourth-order valence-corrected chi connectivity index (χ4v) is 3.30. The minimum Gasteiger partial charge on any atom is -0.340 e. The number of hydrogen-bond acceptors (Lipinski definition) is 2. The van der Waals surface area contributed by atoms with Gasteiger partial charge in [-0.1, -0.05) is 13.8 Å². The Bertz CT molecular complexity index is 484. The van der Waals surface area contributed by atoms with Gasteiger partial charge in [0.05, 0.1) is 0 Å². The quantitative estimate of drug-likeness (QED) is 0.905. The zero-order chi connectivity index (χ0) is 14.8. The van der Waals surface area contributed by atoms with Crippen LogP contribution in [0.1, 0.15) is 56.1 Å².